The van der Waals surface area contributed by atoms with E-state index < -0.39 is 11.1 Å². The van der Waals surface area contributed by atoms with E-state index in [0.29, 0.717) is 43.4 Å². The number of carbonyl (C=O) groups excluding carboxylic acids is 3. The molecule has 2 aromatic rings. The van der Waals surface area contributed by atoms with Gasteiger partial charge in [0.1, 0.15) is 12.3 Å². The average Bonchev–Trinajstić information content (AvgIpc) is 3.07. The van der Waals surface area contributed by atoms with Crippen LogP contribution in [-0.4, -0.2) is 66.2 Å². The predicted molar refractivity (Wildman–Crippen MR) is 126 cm³/mol. The molecule has 3 amide bonds. The summed E-state index contributed by atoms with van der Waals surface area (Å²) in [4.78, 5) is 43.3. The van der Waals surface area contributed by atoms with E-state index in [2.05, 4.69) is 4.90 Å². The Hall–Kier alpha value is -3.26. The lowest BCUT2D eigenvalue weighted by Gasteiger charge is -2.36. The van der Waals surface area contributed by atoms with Gasteiger partial charge in [-0.2, -0.15) is 0 Å². The smallest absolute Gasteiger partial charge is 0.294 e. The van der Waals surface area contributed by atoms with Crippen LogP contribution in [-0.2, 0) is 9.59 Å². The summed E-state index contributed by atoms with van der Waals surface area (Å²) in [6.45, 7) is 4.76. The largest absolute Gasteiger partial charge is 0.494 e. The van der Waals surface area contributed by atoms with E-state index in [1.54, 1.807) is 11.0 Å². The summed E-state index contributed by atoms with van der Waals surface area (Å²) in [6.07, 6.45) is 1.66. The maximum absolute atomic E-state index is 12.8. The highest BCUT2D eigenvalue weighted by Gasteiger charge is 2.37. The summed E-state index contributed by atoms with van der Waals surface area (Å²) in [5.74, 6) is 0.0583. The Labute approximate surface area is 191 Å². The Morgan fingerprint density at radius 3 is 2.50 bits per heavy atom. The molecule has 32 heavy (non-hydrogen) atoms. The predicted octanol–water partition coefficient (Wildman–Crippen LogP) is 3.47. The van der Waals surface area contributed by atoms with Gasteiger partial charge in [0, 0.05) is 31.9 Å². The van der Waals surface area contributed by atoms with Gasteiger partial charge >= 0.3 is 0 Å². The van der Waals surface area contributed by atoms with E-state index >= 15 is 0 Å². The van der Waals surface area contributed by atoms with Crippen molar-refractivity contribution in [2.75, 3.05) is 44.2 Å². The summed E-state index contributed by atoms with van der Waals surface area (Å²) in [5.41, 5.74) is 1.90. The van der Waals surface area contributed by atoms with Crippen molar-refractivity contribution in [2.45, 2.75) is 6.92 Å². The van der Waals surface area contributed by atoms with Gasteiger partial charge < -0.3 is 14.5 Å². The zero-order valence-electron chi connectivity index (χ0n) is 17.9. The first kappa shape index (κ1) is 22.0. The molecule has 166 valence electrons. The number of carbonyl (C=O) groups is 3. The number of imide groups is 1. The summed E-state index contributed by atoms with van der Waals surface area (Å²) in [5, 5.41) is -0.418. The number of anilines is 1. The van der Waals surface area contributed by atoms with E-state index in [1.807, 2.05) is 61.5 Å². The average molecular weight is 452 g/mol. The van der Waals surface area contributed by atoms with Gasteiger partial charge in [0.15, 0.2) is 0 Å². The number of para-hydroxylation sites is 1. The van der Waals surface area contributed by atoms with Crippen molar-refractivity contribution in [3.05, 3.63) is 65.1 Å². The van der Waals surface area contributed by atoms with Gasteiger partial charge in [-0.3, -0.25) is 19.3 Å². The van der Waals surface area contributed by atoms with E-state index in [9.17, 15) is 14.4 Å². The Kier molecular flexibility index (Phi) is 6.80. The van der Waals surface area contributed by atoms with Crippen LogP contribution in [0.4, 0.5) is 10.5 Å². The number of piperazine rings is 1. The summed E-state index contributed by atoms with van der Waals surface area (Å²) in [6, 6.07) is 17.4. The topological polar surface area (TPSA) is 70.2 Å². The molecule has 0 aliphatic carbocycles. The third-order valence-electron chi connectivity index (χ3n) is 5.39. The van der Waals surface area contributed by atoms with Gasteiger partial charge in [-0.05, 0) is 54.6 Å². The van der Waals surface area contributed by atoms with E-state index in [1.165, 1.54) is 0 Å². The molecule has 0 radical (unpaired) electrons. The zero-order valence-corrected chi connectivity index (χ0v) is 18.7. The Morgan fingerprint density at radius 1 is 1.03 bits per heavy atom. The molecule has 0 atom stereocenters. The van der Waals surface area contributed by atoms with Gasteiger partial charge in [-0.25, -0.2) is 0 Å². The van der Waals surface area contributed by atoms with Gasteiger partial charge in [0.2, 0.25) is 5.91 Å². The molecule has 2 aromatic carbocycles. The lowest BCUT2D eigenvalue weighted by Crippen LogP contribution is -2.51. The first-order valence-corrected chi connectivity index (χ1v) is 11.4. The maximum Gasteiger partial charge on any atom is 0.294 e. The number of amides is 3. The second-order valence-electron chi connectivity index (χ2n) is 7.48. The van der Waals surface area contributed by atoms with Crippen LogP contribution in [0.1, 0.15) is 12.5 Å². The Balaban J connectivity index is 1.36. The molecule has 0 unspecified atom stereocenters. The van der Waals surface area contributed by atoms with Crippen molar-refractivity contribution >= 4 is 40.6 Å². The highest BCUT2D eigenvalue weighted by atomic mass is 32.2. The molecular formula is C24H25N3O4S. The van der Waals surface area contributed by atoms with E-state index in [4.69, 9.17) is 4.74 Å². The molecule has 0 saturated carbocycles. The van der Waals surface area contributed by atoms with Crippen LogP contribution >= 0.6 is 11.8 Å². The van der Waals surface area contributed by atoms with Crippen LogP contribution < -0.4 is 9.64 Å². The summed E-state index contributed by atoms with van der Waals surface area (Å²) >= 11 is 0.861. The number of ether oxygens (including phenoxy) is 1. The van der Waals surface area contributed by atoms with E-state index in [0.717, 1.165) is 27.9 Å². The first-order valence-electron chi connectivity index (χ1n) is 10.6. The lowest BCUT2D eigenvalue weighted by molar-refractivity contribution is -0.136. The SMILES string of the molecule is CCOc1cccc(/C=C2/SC(=O)N(CC(=O)N3CCN(c4ccccc4)CC3)C2=O)c1. The standard InChI is InChI=1S/C24H25N3O4S/c1-2-31-20-10-6-7-18(15-20)16-21-23(29)27(24(30)32-21)17-22(28)26-13-11-25(12-14-26)19-8-4-3-5-9-19/h3-10,15-16H,2,11-14,17H2,1H3/b21-16+. The maximum atomic E-state index is 12.8. The fraction of sp³-hybridized carbons (Fsp3) is 0.292. The van der Waals surface area contributed by atoms with Crippen molar-refractivity contribution in [1.29, 1.82) is 0 Å². The number of thioether (sulfide) groups is 1. The van der Waals surface area contributed by atoms with E-state index in [-0.39, 0.29) is 12.5 Å². The zero-order chi connectivity index (χ0) is 22.5. The monoisotopic (exact) mass is 451 g/mol. The molecule has 0 spiro atoms. The molecule has 0 bridgehead atoms. The van der Waals surface area contributed by atoms with Gasteiger partial charge in [0.25, 0.3) is 11.1 Å². The molecule has 2 aliphatic heterocycles. The molecular weight excluding hydrogens is 426 g/mol. The third-order valence-corrected chi connectivity index (χ3v) is 6.29. The molecule has 2 heterocycles. The first-order chi connectivity index (χ1) is 15.5. The van der Waals surface area contributed by atoms with Crippen molar-refractivity contribution in [1.82, 2.24) is 9.80 Å². The summed E-state index contributed by atoms with van der Waals surface area (Å²) < 4.78 is 5.48. The highest BCUT2D eigenvalue weighted by molar-refractivity contribution is 8.18. The fourth-order valence-corrected chi connectivity index (χ4v) is 4.57. The lowest BCUT2D eigenvalue weighted by atomic mass is 10.2. The normalized spacial score (nSPS) is 17.9. The van der Waals surface area contributed by atoms with Crippen LogP contribution in [0.15, 0.2) is 59.5 Å². The summed E-state index contributed by atoms with van der Waals surface area (Å²) in [7, 11) is 0. The van der Waals surface area contributed by atoms with Crippen LogP contribution in [0, 0.1) is 0 Å². The Bertz CT molecular complexity index is 1030. The number of benzene rings is 2. The Morgan fingerprint density at radius 2 is 1.78 bits per heavy atom. The minimum atomic E-state index is -0.432. The molecule has 4 rings (SSSR count). The van der Waals surface area contributed by atoms with Crippen molar-refractivity contribution < 1.29 is 19.1 Å². The fourth-order valence-electron chi connectivity index (χ4n) is 3.74. The quantitative estimate of drug-likeness (QED) is 0.627. The minimum absolute atomic E-state index is 0.209. The second-order valence-corrected chi connectivity index (χ2v) is 8.47. The van der Waals surface area contributed by atoms with Crippen LogP contribution in [0.3, 0.4) is 0 Å². The number of hydrogen-bond acceptors (Lipinski definition) is 6. The molecule has 0 N–H and O–H groups in total. The molecule has 0 aromatic heterocycles. The highest BCUT2D eigenvalue weighted by Crippen LogP contribution is 2.32. The third kappa shape index (κ3) is 4.96. The van der Waals surface area contributed by atoms with Crippen molar-refractivity contribution in [3.63, 3.8) is 0 Å². The number of rotatable bonds is 6. The molecule has 7 nitrogen and oxygen atoms in total. The van der Waals surface area contributed by atoms with Gasteiger partial charge in [-0.1, -0.05) is 30.3 Å². The van der Waals surface area contributed by atoms with Crippen molar-refractivity contribution in [2.24, 2.45) is 0 Å². The van der Waals surface area contributed by atoms with Crippen molar-refractivity contribution in [3.8, 4) is 5.75 Å². The molecule has 8 heteroatoms. The minimum Gasteiger partial charge on any atom is -0.494 e. The molecule has 2 aliphatic rings. The molecule has 2 fully saturated rings. The second kappa shape index (κ2) is 9.91. The number of hydrogen-bond donors (Lipinski definition) is 0. The van der Waals surface area contributed by atoms with Gasteiger partial charge in [-0.15, -0.1) is 0 Å². The number of nitrogens with zero attached hydrogens (tertiary/aromatic N) is 3. The van der Waals surface area contributed by atoms with Crippen LogP contribution in [0.2, 0.25) is 0 Å². The van der Waals surface area contributed by atoms with Crippen LogP contribution in [0.25, 0.3) is 6.08 Å². The van der Waals surface area contributed by atoms with Crippen LogP contribution in [0.5, 0.6) is 5.75 Å². The molecule has 2 saturated heterocycles. The van der Waals surface area contributed by atoms with Gasteiger partial charge in [0.05, 0.1) is 11.5 Å².